The molecule has 0 aromatic carbocycles. The molecular weight excluding hydrogens is 697 g/mol. The molecule has 2 saturated carbocycles. The van der Waals surface area contributed by atoms with Crippen molar-refractivity contribution < 1.29 is 0 Å². The monoisotopic (exact) mass is 724 g/mol. The van der Waals surface area contributed by atoms with Gasteiger partial charge in [0.05, 0.1) is 22.2 Å². The van der Waals surface area contributed by atoms with Gasteiger partial charge in [-0.2, -0.15) is 10.5 Å². The number of hydrogen-bond donors (Lipinski definition) is 0. The van der Waals surface area contributed by atoms with E-state index in [1.165, 1.54) is 108 Å². The van der Waals surface area contributed by atoms with Gasteiger partial charge in [0.1, 0.15) is 17.7 Å². The lowest BCUT2D eigenvalue weighted by atomic mass is 9.61. The van der Waals surface area contributed by atoms with Crippen molar-refractivity contribution in [1.82, 2.24) is 0 Å². The molecule has 2 fully saturated rings. The van der Waals surface area contributed by atoms with E-state index in [-0.39, 0.29) is 22.1 Å². The third-order valence-electron chi connectivity index (χ3n) is 11.0. The Morgan fingerprint density at radius 2 is 1.33 bits per heavy atom. The van der Waals surface area contributed by atoms with Crippen molar-refractivity contribution in [3.8, 4) is 37.7 Å². The minimum absolute atomic E-state index is 0.0201. The normalized spacial score (nSPS) is 18.3. The van der Waals surface area contributed by atoms with Crippen molar-refractivity contribution in [2.75, 3.05) is 0 Å². The van der Waals surface area contributed by atoms with Crippen LogP contribution in [0.2, 0.25) is 0 Å². The van der Waals surface area contributed by atoms with Crippen LogP contribution in [-0.4, -0.2) is 0 Å². The van der Waals surface area contributed by atoms with Crippen LogP contribution in [-0.2, 0) is 10.8 Å². The maximum Gasteiger partial charge on any atom is 0.263 e. The Labute approximate surface area is 305 Å². The third-order valence-corrected chi connectivity index (χ3v) is 17.0. The van der Waals surface area contributed by atoms with Gasteiger partial charge in [0.2, 0.25) is 0 Å². The first-order valence-corrected chi connectivity index (χ1v) is 20.8. The molecule has 5 heterocycles. The highest BCUT2D eigenvalue weighted by Gasteiger charge is 2.55. The van der Waals surface area contributed by atoms with Crippen LogP contribution in [0.1, 0.15) is 100 Å². The zero-order valence-electron chi connectivity index (χ0n) is 26.5. The Hall–Kier alpha value is -4.06. The maximum absolute atomic E-state index is 9.38. The Morgan fingerprint density at radius 3 is 2.02 bits per heavy atom. The van der Waals surface area contributed by atoms with Crippen molar-refractivity contribution in [3.63, 3.8) is 0 Å². The molecule has 0 N–H and O–H groups in total. The van der Waals surface area contributed by atoms with Crippen LogP contribution in [0.3, 0.4) is 0 Å². The van der Waals surface area contributed by atoms with Crippen LogP contribution in [0.25, 0.3) is 57.6 Å². The summed E-state index contributed by atoms with van der Waals surface area (Å²) >= 11 is 9.33. The van der Waals surface area contributed by atoms with E-state index >= 15 is 0 Å². The molecule has 0 unspecified atom stereocenters. The summed E-state index contributed by atoms with van der Waals surface area (Å²) in [5, 5.41) is 27.9. The zero-order chi connectivity index (χ0) is 33.3. The summed E-state index contributed by atoms with van der Waals surface area (Å²) in [4.78, 5) is 13.6. The van der Waals surface area contributed by atoms with Crippen molar-refractivity contribution in [1.29, 1.82) is 15.8 Å². The second-order valence-electron chi connectivity index (χ2n) is 13.4. The van der Waals surface area contributed by atoms with E-state index in [9.17, 15) is 15.8 Å². The Kier molecular flexibility index (Phi) is 7.44. The van der Waals surface area contributed by atoms with Crippen molar-refractivity contribution >= 4 is 89.9 Å². The summed E-state index contributed by atoms with van der Waals surface area (Å²) in [6, 6.07) is 16.8. The smallest absolute Gasteiger partial charge is 0.227 e. The minimum atomic E-state index is 0.0201. The lowest BCUT2D eigenvalue weighted by molar-refractivity contribution is 0.335. The number of nitrogens with zero attached hydrogens (tertiary/aromatic N) is 4. The molecule has 5 aromatic heterocycles. The summed E-state index contributed by atoms with van der Waals surface area (Å²) in [6.45, 7) is 7.35. The van der Waals surface area contributed by atoms with Gasteiger partial charge in [0, 0.05) is 55.2 Å². The Balaban J connectivity index is 1.18. The van der Waals surface area contributed by atoms with Gasteiger partial charge in [-0.05, 0) is 90.9 Å². The maximum atomic E-state index is 9.38. The molecule has 5 aromatic rings. The van der Waals surface area contributed by atoms with Gasteiger partial charge in [-0.15, -0.1) is 56.7 Å². The van der Waals surface area contributed by atoms with Crippen molar-refractivity contribution in [2.45, 2.75) is 75.0 Å². The topological polar surface area (TPSA) is 75.7 Å². The van der Waals surface area contributed by atoms with Crippen LogP contribution in [0.15, 0.2) is 41.6 Å². The van der Waals surface area contributed by atoms with E-state index in [0.29, 0.717) is 0 Å². The molecule has 4 aliphatic carbocycles. The highest BCUT2D eigenvalue weighted by atomic mass is 32.1. The van der Waals surface area contributed by atoms with E-state index in [4.69, 9.17) is 6.57 Å². The third kappa shape index (κ3) is 4.58. The second-order valence-corrected chi connectivity index (χ2v) is 18.8. The summed E-state index contributed by atoms with van der Waals surface area (Å²) < 4.78 is 2.84. The molecule has 4 aliphatic rings. The van der Waals surface area contributed by atoms with Crippen molar-refractivity contribution in [3.05, 3.63) is 89.2 Å². The van der Waals surface area contributed by atoms with Gasteiger partial charge in [0.25, 0.3) is 5.70 Å². The fraction of sp³-hybridized carbons (Fsp3) is 0.300. The van der Waals surface area contributed by atoms with Crippen LogP contribution < -0.4 is 0 Å². The van der Waals surface area contributed by atoms with E-state index in [1.807, 2.05) is 58.3 Å². The number of allylic oxidation sites excluding steroid dienone is 3. The molecule has 49 heavy (non-hydrogen) atoms. The number of fused-ring (bicyclic) bond motifs is 10. The van der Waals surface area contributed by atoms with Crippen LogP contribution in [0.4, 0.5) is 0 Å². The average molecular weight is 725 g/mol. The molecule has 0 amide bonds. The Morgan fingerprint density at radius 1 is 0.673 bits per heavy atom. The van der Waals surface area contributed by atoms with Gasteiger partial charge in [-0.25, -0.2) is 10.1 Å². The molecule has 0 saturated heterocycles. The molecule has 0 aliphatic heterocycles. The summed E-state index contributed by atoms with van der Waals surface area (Å²) in [5.74, 6) is 0. The van der Waals surface area contributed by atoms with Gasteiger partial charge in [0.15, 0.2) is 0 Å². The van der Waals surface area contributed by atoms with Crippen LogP contribution in [0, 0.1) is 40.6 Å². The molecule has 238 valence electrons. The fourth-order valence-electron chi connectivity index (χ4n) is 9.01. The summed E-state index contributed by atoms with van der Waals surface area (Å²) in [7, 11) is 0. The number of hydrogen-bond acceptors (Lipinski definition) is 8. The fourth-order valence-corrected chi connectivity index (χ4v) is 15.5. The molecule has 0 atom stereocenters. The molecular formula is C40H28N4S5. The highest BCUT2D eigenvalue weighted by Crippen LogP contribution is 2.70. The first-order chi connectivity index (χ1) is 24.0. The number of rotatable bonds is 4. The minimum Gasteiger partial charge on any atom is -0.227 e. The largest absolute Gasteiger partial charge is 0.263 e. The van der Waals surface area contributed by atoms with E-state index in [2.05, 4.69) is 35.2 Å². The van der Waals surface area contributed by atoms with E-state index in [0.717, 1.165) is 9.75 Å². The lowest BCUT2D eigenvalue weighted by Gasteiger charge is -2.42. The SMILES string of the molecule is [C-]#[N+]/C(C#N)=C/c1ccc(C2=Cc3sc4c(c3C23CCCCC3)C2(CCCCC2)c2c-4sc3cc(-c4ccc(C=C(C#N)C#N)s4)sc23)s1. The summed E-state index contributed by atoms with van der Waals surface area (Å²) in [6.07, 6.45) is 18.3. The first kappa shape index (κ1) is 31.0. The van der Waals surface area contributed by atoms with E-state index < -0.39 is 0 Å². The second kappa shape index (κ2) is 11.8. The Bertz CT molecular complexity index is 2430. The van der Waals surface area contributed by atoms with Gasteiger partial charge < -0.3 is 0 Å². The molecule has 4 nitrogen and oxygen atoms in total. The highest BCUT2D eigenvalue weighted by molar-refractivity contribution is 7.34. The standard InChI is InChI=1S/C40H28N4S5/c1-44-24(22-43)17-26-8-10-28(45-26)27-18-31-33(39(27)12-4-2-5-13-39)34-37(48-31)38-35(40(34)14-6-3-7-15-40)36-32(49-38)19-30(47-36)29-11-9-25(46-29)16-23(20-41)21-42/h8-11,16-19H,2-7,12-15H2/b24-17+. The molecule has 9 heteroatoms. The first-order valence-electron chi connectivity index (χ1n) is 16.7. The zero-order valence-corrected chi connectivity index (χ0v) is 30.6. The number of nitriles is 3. The molecule has 0 radical (unpaired) electrons. The van der Waals surface area contributed by atoms with Crippen LogP contribution in [0.5, 0.6) is 0 Å². The number of thiophene rings is 5. The quantitative estimate of drug-likeness (QED) is 0.137. The van der Waals surface area contributed by atoms with E-state index in [1.54, 1.807) is 51.5 Å². The predicted octanol–water partition coefficient (Wildman–Crippen LogP) is 13.0. The molecule has 0 bridgehead atoms. The van der Waals surface area contributed by atoms with Gasteiger partial charge in [-0.1, -0.05) is 38.5 Å². The van der Waals surface area contributed by atoms with Crippen molar-refractivity contribution in [2.24, 2.45) is 0 Å². The predicted molar refractivity (Wildman–Crippen MR) is 207 cm³/mol. The molecule has 9 rings (SSSR count). The molecule has 2 spiro atoms. The average Bonchev–Trinajstić information content (AvgIpc) is 3.98. The van der Waals surface area contributed by atoms with Crippen LogP contribution >= 0.6 is 56.7 Å². The summed E-state index contributed by atoms with van der Waals surface area (Å²) in [5.41, 5.74) is 6.72. The lowest BCUT2D eigenvalue weighted by Crippen LogP contribution is -2.34. The van der Waals surface area contributed by atoms with Gasteiger partial charge in [-0.3, -0.25) is 0 Å². The van der Waals surface area contributed by atoms with Gasteiger partial charge >= 0.3 is 0 Å².